The van der Waals surface area contributed by atoms with E-state index in [1.807, 2.05) is 0 Å². The summed E-state index contributed by atoms with van der Waals surface area (Å²) in [4.78, 5) is 9.50. The van der Waals surface area contributed by atoms with Crippen molar-refractivity contribution < 1.29 is 17.7 Å². The molecule has 0 saturated carbocycles. The Morgan fingerprint density at radius 1 is 1.44 bits per heavy atom. The number of benzene rings is 1. The van der Waals surface area contributed by atoms with Crippen molar-refractivity contribution in [3.63, 3.8) is 0 Å². The molecule has 1 aromatic carbocycles. The Hall–Kier alpha value is -1.74. The summed E-state index contributed by atoms with van der Waals surface area (Å²) in [6.07, 6.45) is 0. The van der Waals surface area contributed by atoms with Gasteiger partial charge in [-0.3, -0.25) is 14.8 Å². The fourth-order valence-electron chi connectivity index (χ4n) is 1.19. The molecule has 0 aliphatic heterocycles. The highest BCUT2D eigenvalue weighted by Gasteiger charge is 2.16. The van der Waals surface area contributed by atoms with Gasteiger partial charge in [-0.05, 0) is 13.1 Å². The molecular formula is C9H12FN3O4S. The molecule has 0 bridgehead atoms. The van der Waals surface area contributed by atoms with E-state index < -0.39 is 26.5 Å². The van der Waals surface area contributed by atoms with E-state index in [4.69, 9.17) is 0 Å². The molecule has 0 aromatic heterocycles. The predicted octanol–water partition coefficient (Wildman–Crippen LogP) is 0.695. The number of halogens is 1. The van der Waals surface area contributed by atoms with Gasteiger partial charge in [0.15, 0.2) is 0 Å². The minimum Gasteiger partial charge on any atom is -0.319 e. The first kappa shape index (κ1) is 14.3. The van der Waals surface area contributed by atoms with Gasteiger partial charge in [-0.15, -0.1) is 0 Å². The van der Waals surface area contributed by atoms with E-state index in [-0.39, 0.29) is 18.0 Å². The monoisotopic (exact) mass is 277 g/mol. The highest BCUT2D eigenvalue weighted by molar-refractivity contribution is 7.92. The van der Waals surface area contributed by atoms with Crippen LogP contribution in [0.1, 0.15) is 0 Å². The molecule has 0 heterocycles. The molecule has 1 aromatic rings. The van der Waals surface area contributed by atoms with Gasteiger partial charge in [0.05, 0.1) is 16.4 Å². The van der Waals surface area contributed by atoms with Gasteiger partial charge >= 0.3 is 5.69 Å². The number of anilines is 1. The van der Waals surface area contributed by atoms with Crippen LogP contribution in [-0.4, -0.2) is 32.7 Å². The van der Waals surface area contributed by atoms with Crippen LogP contribution in [-0.2, 0) is 10.0 Å². The maximum atomic E-state index is 13.2. The van der Waals surface area contributed by atoms with Crippen molar-refractivity contribution in [3.8, 4) is 0 Å². The fraction of sp³-hybridized carbons (Fsp3) is 0.333. The lowest BCUT2D eigenvalue weighted by molar-refractivity contribution is -0.387. The maximum absolute atomic E-state index is 13.2. The first-order chi connectivity index (χ1) is 8.35. The molecule has 9 heteroatoms. The van der Waals surface area contributed by atoms with Gasteiger partial charge in [0.2, 0.25) is 15.8 Å². The SMILES string of the molecule is CNCCS(=O)(=O)Nc1ccc([N+](=O)[O-])c(F)c1. The molecule has 0 saturated heterocycles. The zero-order valence-electron chi connectivity index (χ0n) is 9.51. The van der Waals surface area contributed by atoms with Gasteiger partial charge in [-0.25, -0.2) is 8.42 Å². The summed E-state index contributed by atoms with van der Waals surface area (Å²) < 4.78 is 38.3. The molecule has 2 N–H and O–H groups in total. The topological polar surface area (TPSA) is 101 Å². The first-order valence-electron chi connectivity index (χ1n) is 4.95. The maximum Gasteiger partial charge on any atom is 0.304 e. The number of nitro benzene ring substituents is 1. The van der Waals surface area contributed by atoms with Crippen molar-refractivity contribution in [1.29, 1.82) is 0 Å². The van der Waals surface area contributed by atoms with Crippen molar-refractivity contribution in [2.75, 3.05) is 24.1 Å². The minimum absolute atomic E-state index is 0.0470. The van der Waals surface area contributed by atoms with Crippen molar-refractivity contribution in [2.45, 2.75) is 0 Å². The number of nitrogens with one attached hydrogen (secondary N) is 2. The van der Waals surface area contributed by atoms with Crippen molar-refractivity contribution in [1.82, 2.24) is 5.32 Å². The molecule has 7 nitrogen and oxygen atoms in total. The number of nitrogens with zero attached hydrogens (tertiary/aromatic N) is 1. The largest absolute Gasteiger partial charge is 0.319 e. The van der Waals surface area contributed by atoms with Gasteiger partial charge < -0.3 is 5.32 Å². The second kappa shape index (κ2) is 5.74. The molecule has 0 aliphatic carbocycles. The Morgan fingerprint density at radius 2 is 2.11 bits per heavy atom. The van der Waals surface area contributed by atoms with Crippen LogP contribution < -0.4 is 10.0 Å². The second-order valence-electron chi connectivity index (χ2n) is 3.45. The van der Waals surface area contributed by atoms with Gasteiger partial charge in [-0.1, -0.05) is 0 Å². The van der Waals surface area contributed by atoms with Crippen molar-refractivity contribution >= 4 is 21.4 Å². The zero-order valence-corrected chi connectivity index (χ0v) is 10.3. The van der Waals surface area contributed by atoms with Crippen molar-refractivity contribution in [2.24, 2.45) is 0 Å². The lowest BCUT2D eigenvalue weighted by atomic mass is 10.3. The lowest BCUT2D eigenvalue weighted by Crippen LogP contribution is -2.24. The molecule has 0 spiro atoms. The third kappa shape index (κ3) is 3.93. The summed E-state index contributed by atoms with van der Waals surface area (Å²) in [5, 5.41) is 13.0. The predicted molar refractivity (Wildman–Crippen MR) is 64.4 cm³/mol. The minimum atomic E-state index is -3.60. The first-order valence-corrected chi connectivity index (χ1v) is 6.60. The highest BCUT2D eigenvalue weighted by Crippen LogP contribution is 2.21. The molecule has 100 valence electrons. The average Bonchev–Trinajstić information content (AvgIpc) is 2.25. The normalized spacial score (nSPS) is 11.2. The third-order valence-electron chi connectivity index (χ3n) is 2.04. The molecule has 0 amide bonds. The number of hydrogen-bond acceptors (Lipinski definition) is 5. The van der Waals surface area contributed by atoms with Crippen LogP contribution in [0.5, 0.6) is 0 Å². The molecule has 0 aliphatic rings. The van der Waals surface area contributed by atoms with Gasteiger partial charge in [-0.2, -0.15) is 4.39 Å². The van der Waals surface area contributed by atoms with Crippen LogP contribution >= 0.6 is 0 Å². The van der Waals surface area contributed by atoms with Gasteiger partial charge in [0.25, 0.3) is 0 Å². The van der Waals surface area contributed by atoms with Crippen LogP contribution in [0.4, 0.5) is 15.8 Å². The number of rotatable bonds is 6. The molecule has 0 radical (unpaired) electrons. The summed E-state index contributed by atoms with van der Waals surface area (Å²) >= 11 is 0. The lowest BCUT2D eigenvalue weighted by Gasteiger charge is -2.07. The smallest absolute Gasteiger partial charge is 0.304 e. The van der Waals surface area contributed by atoms with Crippen LogP contribution in [0.15, 0.2) is 18.2 Å². The summed E-state index contributed by atoms with van der Waals surface area (Å²) in [7, 11) is -2.00. The van der Waals surface area contributed by atoms with Crippen LogP contribution in [0.25, 0.3) is 0 Å². The zero-order chi connectivity index (χ0) is 13.8. The van der Waals surface area contributed by atoms with E-state index in [1.54, 1.807) is 7.05 Å². The van der Waals surface area contributed by atoms with Gasteiger partial charge in [0.1, 0.15) is 0 Å². The fourth-order valence-corrected chi connectivity index (χ4v) is 2.25. The van der Waals surface area contributed by atoms with E-state index in [2.05, 4.69) is 10.0 Å². The van der Waals surface area contributed by atoms with E-state index in [1.165, 1.54) is 0 Å². The Kier molecular flexibility index (Phi) is 4.56. The number of hydrogen-bond donors (Lipinski definition) is 2. The van der Waals surface area contributed by atoms with E-state index in [0.29, 0.717) is 0 Å². The van der Waals surface area contributed by atoms with E-state index in [0.717, 1.165) is 18.2 Å². The quantitative estimate of drug-likeness (QED) is 0.588. The van der Waals surface area contributed by atoms with Crippen LogP contribution in [0.3, 0.4) is 0 Å². The van der Waals surface area contributed by atoms with Crippen LogP contribution in [0, 0.1) is 15.9 Å². The standard InChI is InChI=1S/C9H12FN3O4S/c1-11-4-5-18(16,17)12-7-2-3-9(13(14)15)8(10)6-7/h2-3,6,11-12H,4-5H2,1H3. The molecular weight excluding hydrogens is 265 g/mol. The summed E-state index contributed by atoms with van der Waals surface area (Å²) in [6, 6.07) is 2.82. The second-order valence-corrected chi connectivity index (χ2v) is 5.29. The Bertz CT molecular complexity index is 547. The molecule has 0 atom stereocenters. The van der Waals surface area contributed by atoms with Crippen molar-refractivity contribution in [3.05, 3.63) is 34.1 Å². The Balaban J connectivity index is 2.87. The molecule has 0 unspecified atom stereocenters. The Morgan fingerprint density at radius 3 is 2.61 bits per heavy atom. The summed E-state index contributed by atoms with van der Waals surface area (Å²) in [6.45, 7) is 0.241. The summed E-state index contributed by atoms with van der Waals surface area (Å²) in [5.41, 5.74) is -0.748. The average molecular weight is 277 g/mol. The van der Waals surface area contributed by atoms with E-state index >= 15 is 0 Å². The number of sulfonamides is 1. The molecule has 1 rings (SSSR count). The van der Waals surface area contributed by atoms with Crippen LogP contribution in [0.2, 0.25) is 0 Å². The molecule has 0 fully saturated rings. The van der Waals surface area contributed by atoms with Gasteiger partial charge in [0, 0.05) is 18.7 Å². The highest BCUT2D eigenvalue weighted by atomic mass is 32.2. The Labute approximate surface area is 103 Å². The number of nitro groups is 1. The third-order valence-corrected chi connectivity index (χ3v) is 3.33. The van der Waals surface area contributed by atoms with E-state index in [9.17, 15) is 22.9 Å². The summed E-state index contributed by atoms with van der Waals surface area (Å²) in [5.74, 6) is -1.27. The molecule has 18 heavy (non-hydrogen) atoms.